The SMILES string of the molecule is O=C(c1csc(CSc2nnc(-c3ccco3)n2-c2ccccc2Cl)n1)N1CCC(Cc2ccccc2)CC1. The van der Waals surface area contributed by atoms with Crippen molar-refractivity contribution in [1.29, 1.82) is 0 Å². The molecule has 7 nitrogen and oxygen atoms in total. The van der Waals surface area contributed by atoms with Gasteiger partial charge in [0, 0.05) is 18.5 Å². The van der Waals surface area contributed by atoms with Crippen LogP contribution >= 0.6 is 34.7 Å². The van der Waals surface area contributed by atoms with E-state index in [9.17, 15) is 4.79 Å². The lowest BCUT2D eigenvalue weighted by Crippen LogP contribution is -2.39. The molecule has 0 saturated carbocycles. The van der Waals surface area contributed by atoms with Crippen molar-refractivity contribution < 1.29 is 9.21 Å². The average Bonchev–Trinajstić information content (AvgIpc) is 3.74. The minimum atomic E-state index is 0.0139. The molecule has 0 N–H and O–H groups in total. The van der Waals surface area contributed by atoms with Crippen molar-refractivity contribution in [3.05, 3.63) is 99.7 Å². The molecule has 0 radical (unpaired) electrons. The Balaban J connectivity index is 1.11. The Hall–Kier alpha value is -3.40. The van der Waals surface area contributed by atoms with E-state index in [2.05, 4.69) is 39.4 Å². The van der Waals surface area contributed by atoms with E-state index in [1.54, 1.807) is 6.26 Å². The normalized spacial score (nSPS) is 14.1. The van der Waals surface area contributed by atoms with Crippen LogP contribution in [0.3, 0.4) is 0 Å². The fraction of sp³-hybridized carbons (Fsp3) is 0.241. The average molecular weight is 576 g/mol. The molecule has 0 atom stereocenters. The maximum Gasteiger partial charge on any atom is 0.273 e. The maximum absolute atomic E-state index is 13.2. The summed E-state index contributed by atoms with van der Waals surface area (Å²) in [6.07, 6.45) is 4.71. The van der Waals surface area contributed by atoms with Gasteiger partial charge in [0.2, 0.25) is 5.82 Å². The van der Waals surface area contributed by atoms with Gasteiger partial charge in [0.25, 0.3) is 5.91 Å². The van der Waals surface area contributed by atoms with E-state index < -0.39 is 0 Å². The van der Waals surface area contributed by atoms with Gasteiger partial charge in [0.05, 0.1) is 22.7 Å². The number of nitrogens with zero attached hydrogens (tertiary/aromatic N) is 5. The number of aromatic nitrogens is 4. The van der Waals surface area contributed by atoms with E-state index in [-0.39, 0.29) is 5.91 Å². The molecule has 1 amide bonds. The van der Waals surface area contributed by atoms with Gasteiger partial charge < -0.3 is 9.32 Å². The van der Waals surface area contributed by atoms with E-state index in [0.717, 1.165) is 43.0 Å². The topological polar surface area (TPSA) is 77.0 Å². The number of thioether (sulfide) groups is 1. The van der Waals surface area contributed by atoms with Crippen molar-refractivity contribution in [2.24, 2.45) is 5.92 Å². The number of piperidine rings is 1. The summed E-state index contributed by atoms with van der Waals surface area (Å²) in [7, 11) is 0. The summed E-state index contributed by atoms with van der Waals surface area (Å²) in [5.41, 5.74) is 2.65. The molecular formula is C29H26ClN5O2S2. The molecule has 1 saturated heterocycles. The number of carbonyl (C=O) groups excluding carboxylic acids is 1. The van der Waals surface area contributed by atoms with E-state index in [0.29, 0.717) is 39.1 Å². The maximum atomic E-state index is 13.2. The zero-order valence-corrected chi connectivity index (χ0v) is 23.5. The largest absolute Gasteiger partial charge is 0.461 e. The van der Waals surface area contributed by atoms with Crippen LogP contribution in [0.2, 0.25) is 5.02 Å². The smallest absolute Gasteiger partial charge is 0.273 e. The Morgan fingerprint density at radius 1 is 1.03 bits per heavy atom. The van der Waals surface area contributed by atoms with Gasteiger partial charge in [-0.2, -0.15) is 0 Å². The quantitative estimate of drug-likeness (QED) is 0.185. The number of para-hydroxylation sites is 1. The minimum Gasteiger partial charge on any atom is -0.461 e. The van der Waals surface area contributed by atoms with Gasteiger partial charge in [-0.3, -0.25) is 9.36 Å². The van der Waals surface area contributed by atoms with E-state index in [1.807, 2.05) is 57.3 Å². The fourth-order valence-electron chi connectivity index (χ4n) is 4.83. The molecule has 1 aliphatic rings. The molecule has 0 bridgehead atoms. The fourth-order valence-corrected chi connectivity index (χ4v) is 6.78. The molecular weight excluding hydrogens is 550 g/mol. The third kappa shape index (κ3) is 5.80. The Labute approximate surface area is 239 Å². The summed E-state index contributed by atoms with van der Waals surface area (Å²) >= 11 is 9.52. The molecule has 10 heteroatoms. The van der Waals surface area contributed by atoms with Crippen LogP contribution in [0.25, 0.3) is 17.3 Å². The van der Waals surface area contributed by atoms with Crippen molar-refractivity contribution in [2.45, 2.75) is 30.2 Å². The highest BCUT2D eigenvalue weighted by atomic mass is 35.5. The number of halogens is 1. The molecule has 0 spiro atoms. The summed E-state index contributed by atoms with van der Waals surface area (Å²) in [6, 6.07) is 21.8. The van der Waals surface area contributed by atoms with Crippen LogP contribution in [0.15, 0.2) is 87.9 Å². The zero-order chi connectivity index (χ0) is 26.6. The third-order valence-corrected chi connectivity index (χ3v) is 9.12. The number of furan rings is 1. The molecule has 39 heavy (non-hydrogen) atoms. The minimum absolute atomic E-state index is 0.0139. The van der Waals surface area contributed by atoms with Gasteiger partial charge in [-0.15, -0.1) is 21.5 Å². The standard InChI is InChI=1S/C29H26ClN5O2S2/c30-22-9-4-5-10-24(22)35-27(25-11-6-16-37-25)32-33-29(35)39-19-26-31-23(18-38-26)28(36)34-14-12-21(13-15-34)17-20-7-2-1-3-8-20/h1-11,16,18,21H,12-15,17,19H2. The molecule has 1 aliphatic heterocycles. The molecule has 2 aromatic carbocycles. The Morgan fingerprint density at radius 3 is 2.59 bits per heavy atom. The lowest BCUT2D eigenvalue weighted by molar-refractivity contribution is 0.0685. The molecule has 198 valence electrons. The van der Waals surface area contributed by atoms with E-state index >= 15 is 0 Å². The highest BCUT2D eigenvalue weighted by Gasteiger charge is 2.26. The number of hydrogen-bond donors (Lipinski definition) is 0. The van der Waals surface area contributed by atoms with Crippen molar-refractivity contribution in [3.8, 4) is 17.3 Å². The zero-order valence-electron chi connectivity index (χ0n) is 21.1. The molecule has 3 aromatic heterocycles. The molecule has 5 aromatic rings. The van der Waals surface area contributed by atoms with Crippen molar-refractivity contribution >= 4 is 40.6 Å². The second kappa shape index (κ2) is 11.8. The lowest BCUT2D eigenvalue weighted by atomic mass is 9.90. The second-order valence-corrected chi connectivity index (χ2v) is 11.7. The third-order valence-electron chi connectivity index (χ3n) is 6.83. The molecule has 0 aliphatic carbocycles. The summed E-state index contributed by atoms with van der Waals surface area (Å²) in [5, 5.41) is 12.8. The number of benzene rings is 2. The molecule has 4 heterocycles. The van der Waals surface area contributed by atoms with Crippen LogP contribution in [0, 0.1) is 5.92 Å². The predicted octanol–water partition coefficient (Wildman–Crippen LogP) is 7.02. The molecule has 6 rings (SSSR count). The number of carbonyl (C=O) groups is 1. The molecule has 0 unspecified atom stereocenters. The number of amides is 1. The van der Waals surface area contributed by atoms with Crippen molar-refractivity contribution in [2.75, 3.05) is 13.1 Å². The van der Waals surface area contributed by atoms with Gasteiger partial charge in [0.15, 0.2) is 10.9 Å². The van der Waals surface area contributed by atoms with Gasteiger partial charge in [-0.1, -0.05) is 65.8 Å². The van der Waals surface area contributed by atoms with Crippen LogP contribution in [-0.2, 0) is 12.2 Å². The first kappa shape index (κ1) is 25.9. The Morgan fingerprint density at radius 2 is 1.82 bits per heavy atom. The first-order chi connectivity index (χ1) is 19.2. The molecule has 1 fully saturated rings. The predicted molar refractivity (Wildman–Crippen MR) is 155 cm³/mol. The second-order valence-electron chi connectivity index (χ2n) is 9.41. The summed E-state index contributed by atoms with van der Waals surface area (Å²) in [6.45, 7) is 1.54. The lowest BCUT2D eigenvalue weighted by Gasteiger charge is -2.31. The van der Waals surface area contributed by atoms with Crippen LogP contribution in [0.1, 0.15) is 33.9 Å². The van der Waals surface area contributed by atoms with E-state index in [4.69, 9.17) is 16.0 Å². The number of thiazole rings is 1. The van der Waals surface area contributed by atoms with Gasteiger partial charge in [-0.25, -0.2) is 4.98 Å². The monoisotopic (exact) mass is 575 g/mol. The number of hydrogen-bond acceptors (Lipinski definition) is 7. The highest BCUT2D eigenvalue weighted by Crippen LogP contribution is 2.33. The van der Waals surface area contributed by atoms with Crippen LogP contribution in [-0.4, -0.2) is 43.6 Å². The summed E-state index contributed by atoms with van der Waals surface area (Å²) < 4.78 is 7.49. The van der Waals surface area contributed by atoms with Crippen LogP contribution in [0.4, 0.5) is 0 Å². The Kier molecular flexibility index (Phi) is 7.81. The number of likely N-dealkylation sites (tertiary alicyclic amines) is 1. The van der Waals surface area contributed by atoms with Gasteiger partial charge in [0.1, 0.15) is 10.7 Å². The van der Waals surface area contributed by atoms with Gasteiger partial charge in [-0.05, 0) is 55.0 Å². The van der Waals surface area contributed by atoms with Gasteiger partial charge >= 0.3 is 0 Å². The van der Waals surface area contributed by atoms with Crippen molar-refractivity contribution in [3.63, 3.8) is 0 Å². The summed E-state index contributed by atoms with van der Waals surface area (Å²) in [4.78, 5) is 19.8. The Bertz CT molecular complexity index is 1540. The first-order valence-corrected chi connectivity index (χ1v) is 15.0. The van der Waals surface area contributed by atoms with Crippen LogP contribution in [0.5, 0.6) is 0 Å². The first-order valence-electron chi connectivity index (χ1n) is 12.8. The highest BCUT2D eigenvalue weighted by molar-refractivity contribution is 7.98. The summed E-state index contributed by atoms with van der Waals surface area (Å²) in [5.74, 6) is 2.35. The van der Waals surface area contributed by atoms with Crippen LogP contribution < -0.4 is 0 Å². The number of rotatable bonds is 8. The van der Waals surface area contributed by atoms with Crippen molar-refractivity contribution in [1.82, 2.24) is 24.6 Å². The van der Waals surface area contributed by atoms with E-state index in [1.165, 1.54) is 28.7 Å².